The molecule has 0 amide bonds. The molecule has 3 aromatic carbocycles. The van der Waals surface area contributed by atoms with Crippen LogP contribution in [0.25, 0.3) is 21.7 Å². The Morgan fingerprint density at radius 3 is 2.30 bits per heavy atom. The first kappa shape index (κ1) is 18.4. The van der Waals surface area contributed by atoms with Gasteiger partial charge in [-0.05, 0) is 41.1 Å². The van der Waals surface area contributed by atoms with Gasteiger partial charge in [0, 0.05) is 31.3 Å². The number of carbonyl (C=O) groups is 1. The fourth-order valence-electron chi connectivity index (χ4n) is 4.14. The van der Waals surface area contributed by atoms with Crippen LogP contribution in [0.3, 0.4) is 0 Å². The van der Waals surface area contributed by atoms with Crippen molar-refractivity contribution in [3.05, 3.63) is 78.9 Å². The maximum absolute atomic E-state index is 12.2. The summed E-state index contributed by atoms with van der Waals surface area (Å²) in [5.74, 6) is 0.550. The number of rotatable bonds is 4. The third-order valence-corrected chi connectivity index (χ3v) is 5.90. The Balaban J connectivity index is 1.37. The molecule has 0 aliphatic carbocycles. The zero-order valence-electron chi connectivity index (χ0n) is 16.5. The van der Waals surface area contributed by atoms with Gasteiger partial charge >= 0.3 is 5.97 Å². The van der Waals surface area contributed by atoms with Crippen molar-refractivity contribution in [2.45, 2.75) is 18.4 Å². The molecular weight excluding hydrogens is 376 g/mol. The van der Waals surface area contributed by atoms with Crippen LogP contribution in [0.4, 0.5) is 5.82 Å². The molecule has 5 heteroatoms. The van der Waals surface area contributed by atoms with E-state index in [1.165, 1.54) is 0 Å². The first-order chi connectivity index (χ1) is 14.6. The van der Waals surface area contributed by atoms with Gasteiger partial charge in [-0.15, -0.1) is 0 Å². The average molecular weight is 398 g/mol. The van der Waals surface area contributed by atoms with Crippen molar-refractivity contribution in [1.29, 1.82) is 0 Å². The summed E-state index contributed by atoms with van der Waals surface area (Å²) in [6.07, 6.45) is 0.785. The van der Waals surface area contributed by atoms with Gasteiger partial charge in [0.2, 0.25) is 5.60 Å². The van der Waals surface area contributed by atoms with Crippen LogP contribution in [0.15, 0.2) is 78.9 Å². The van der Waals surface area contributed by atoms with Crippen LogP contribution < -0.4 is 9.64 Å². The Hall–Kier alpha value is -3.60. The predicted molar refractivity (Wildman–Crippen MR) is 118 cm³/mol. The molecule has 1 fully saturated rings. The molecule has 1 N–H and O–H groups in total. The van der Waals surface area contributed by atoms with Gasteiger partial charge in [-0.2, -0.15) is 0 Å². The highest BCUT2D eigenvalue weighted by atomic mass is 16.5. The minimum Gasteiger partial charge on any atom is -0.478 e. The topological polar surface area (TPSA) is 62.7 Å². The zero-order chi connectivity index (χ0) is 20.6. The molecule has 1 saturated heterocycles. The summed E-state index contributed by atoms with van der Waals surface area (Å²) >= 11 is 0. The fraction of sp³-hybridized carbons (Fsp3) is 0.200. The average Bonchev–Trinajstić information content (AvgIpc) is 2.79. The number of piperidine rings is 1. The minimum absolute atomic E-state index is 0.393. The van der Waals surface area contributed by atoms with Crippen molar-refractivity contribution in [3.63, 3.8) is 0 Å². The summed E-state index contributed by atoms with van der Waals surface area (Å²) in [6.45, 7) is 1.15. The largest absolute Gasteiger partial charge is 0.478 e. The van der Waals surface area contributed by atoms with Gasteiger partial charge in [0.15, 0.2) is 0 Å². The number of carboxylic acids is 1. The van der Waals surface area contributed by atoms with Gasteiger partial charge in [-0.25, -0.2) is 9.78 Å². The number of hydrogen-bond acceptors (Lipinski definition) is 4. The number of aromatic nitrogens is 1. The van der Waals surface area contributed by atoms with E-state index in [-0.39, 0.29) is 0 Å². The number of para-hydroxylation sites is 1. The van der Waals surface area contributed by atoms with Crippen LogP contribution >= 0.6 is 0 Å². The molecule has 0 radical (unpaired) electrons. The molecule has 150 valence electrons. The first-order valence-electron chi connectivity index (χ1n) is 10.1. The van der Waals surface area contributed by atoms with Gasteiger partial charge in [0.25, 0.3) is 0 Å². The third kappa shape index (κ3) is 3.32. The number of aliphatic carboxylic acids is 1. The highest BCUT2D eigenvalue weighted by molar-refractivity contribution is 5.84. The molecule has 0 saturated carbocycles. The lowest BCUT2D eigenvalue weighted by Gasteiger charge is -2.39. The van der Waals surface area contributed by atoms with E-state index < -0.39 is 11.6 Å². The Kier molecular flexibility index (Phi) is 4.51. The van der Waals surface area contributed by atoms with Crippen LogP contribution in [0.2, 0.25) is 0 Å². The minimum atomic E-state index is -1.23. The van der Waals surface area contributed by atoms with E-state index in [1.807, 2.05) is 72.8 Å². The number of ether oxygens (including phenoxy) is 1. The number of anilines is 1. The molecule has 1 aliphatic rings. The Morgan fingerprint density at radius 2 is 1.53 bits per heavy atom. The first-order valence-corrected chi connectivity index (χ1v) is 10.1. The highest BCUT2D eigenvalue weighted by Gasteiger charge is 2.44. The van der Waals surface area contributed by atoms with E-state index in [9.17, 15) is 9.90 Å². The summed E-state index contributed by atoms with van der Waals surface area (Å²) in [5.41, 5.74) is -0.284. The Bertz CT molecular complexity index is 1230. The summed E-state index contributed by atoms with van der Waals surface area (Å²) in [4.78, 5) is 19.1. The molecular formula is C25H22N2O3. The fourth-order valence-corrected chi connectivity index (χ4v) is 4.14. The molecule has 2 heterocycles. The van der Waals surface area contributed by atoms with E-state index in [2.05, 4.69) is 11.0 Å². The lowest BCUT2D eigenvalue weighted by molar-refractivity contribution is -0.157. The molecule has 30 heavy (non-hydrogen) atoms. The maximum Gasteiger partial charge on any atom is 0.348 e. The summed E-state index contributed by atoms with van der Waals surface area (Å²) in [7, 11) is 0. The van der Waals surface area contributed by atoms with Crippen molar-refractivity contribution in [2.24, 2.45) is 0 Å². The van der Waals surface area contributed by atoms with Gasteiger partial charge in [0.05, 0.1) is 5.52 Å². The van der Waals surface area contributed by atoms with Crippen LogP contribution in [-0.2, 0) is 4.79 Å². The van der Waals surface area contributed by atoms with E-state index in [0.717, 1.165) is 27.5 Å². The number of fused-ring (bicyclic) bond motifs is 2. The molecule has 5 rings (SSSR count). The number of pyridine rings is 1. The summed E-state index contributed by atoms with van der Waals surface area (Å²) < 4.78 is 6.12. The van der Waals surface area contributed by atoms with Crippen molar-refractivity contribution < 1.29 is 14.6 Å². The number of hydrogen-bond donors (Lipinski definition) is 1. The normalized spacial score (nSPS) is 15.9. The van der Waals surface area contributed by atoms with Crippen molar-refractivity contribution in [1.82, 2.24) is 4.98 Å². The maximum atomic E-state index is 12.2. The van der Waals surface area contributed by atoms with Gasteiger partial charge in [0.1, 0.15) is 11.6 Å². The monoisotopic (exact) mass is 398 g/mol. The third-order valence-electron chi connectivity index (χ3n) is 5.90. The molecule has 1 aromatic heterocycles. The van der Waals surface area contributed by atoms with E-state index >= 15 is 0 Å². The molecule has 0 unspecified atom stereocenters. The molecule has 0 bridgehead atoms. The number of benzene rings is 3. The van der Waals surface area contributed by atoms with Crippen molar-refractivity contribution >= 4 is 33.5 Å². The molecule has 4 aromatic rings. The second-order valence-electron chi connectivity index (χ2n) is 7.76. The van der Waals surface area contributed by atoms with E-state index in [0.29, 0.717) is 31.7 Å². The molecule has 5 nitrogen and oxygen atoms in total. The Labute approximate surface area is 174 Å². The smallest absolute Gasteiger partial charge is 0.348 e. The van der Waals surface area contributed by atoms with Crippen LogP contribution in [0.1, 0.15) is 12.8 Å². The Morgan fingerprint density at radius 1 is 0.867 bits per heavy atom. The van der Waals surface area contributed by atoms with Crippen molar-refractivity contribution in [2.75, 3.05) is 18.0 Å². The molecule has 0 atom stereocenters. The lowest BCUT2D eigenvalue weighted by atomic mass is 9.91. The summed E-state index contributed by atoms with van der Waals surface area (Å²) in [5, 5.41) is 13.2. The van der Waals surface area contributed by atoms with Gasteiger partial charge in [-0.1, -0.05) is 48.5 Å². The number of carboxylic acid groups (broad SMARTS) is 1. The quantitative estimate of drug-likeness (QED) is 0.530. The molecule has 0 spiro atoms. The number of nitrogens with zero attached hydrogens (tertiary/aromatic N) is 2. The highest BCUT2D eigenvalue weighted by Crippen LogP contribution is 2.32. The van der Waals surface area contributed by atoms with Gasteiger partial charge in [-0.3, -0.25) is 0 Å². The van der Waals surface area contributed by atoms with E-state index in [4.69, 9.17) is 9.72 Å². The van der Waals surface area contributed by atoms with Gasteiger partial charge < -0.3 is 14.7 Å². The van der Waals surface area contributed by atoms with Crippen molar-refractivity contribution in [3.8, 4) is 5.75 Å². The standard InChI is InChI=1S/C25H22N2O3/c28-24(29)25(30-21-11-9-18-5-1-2-7-20(18)17-21)13-15-27(16-14-25)23-12-10-19-6-3-4-8-22(19)26-23/h1-12,17H,13-16H2,(H,28,29). The predicted octanol–water partition coefficient (Wildman–Crippen LogP) is 4.89. The SMILES string of the molecule is O=C(O)C1(Oc2ccc3ccccc3c2)CCN(c2ccc3ccccc3n2)CC1. The van der Waals surface area contributed by atoms with E-state index in [1.54, 1.807) is 0 Å². The van der Waals surface area contributed by atoms with Crippen LogP contribution in [-0.4, -0.2) is 34.8 Å². The molecule has 1 aliphatic heterocycles. The second-order valence-corrected chi connectivity index (χ2v) is 7.76. The zero-order valence-corrected chi connectivity index (χ0v) is 16.5. The second kappa shape index (κ2) is 7.34. The van der Waals surface area contributed by atoms with Crippen LogP contribution in [0, 0.1) is 0 Å². The lowest BCUT2D eigenvalue weighted by Crippen LogP contribution is -2.53. The summed E-state index contributed by atoms with van der Waals surface area (Å²) in [6, 6.07) is 25.8. The van der Waals surface area contributed by atoms with Crippen LogP contribution in [0.5, 0.6) is 5.75 Å².